The lowest BCUT2D eigenvalue weighted by Gasteiger charge is -2.21. The molecule has 3 aromatic rings. The number of sulfonamides is 1. The maximum atomic E-state index is 13.9. The van der Waals surface area contributed by atoms with Gasteiger partial charge in [0.05, 0.1) is 6.26 Å². The first-order valence-corrected chi connectivity index (χ1v) is 11.2. The topological polar surface area (TPSA) is 46.2 Å². The number of benzene rings is 3. The molecule has 0 bridgehead atoms. The van der Waals surface area contributed by atoms with Crippen LogP contribution in [0.15, 0.2) is 66.7 Å². The lowest BCUT2D eigenvalue weighted by molar-refractivity contribution is 0.607. The van der Waals surface area contributed by atoms with Gasteiger partial charge in [0, 0.05) is 11.6 Å². The fraction of sp³-hybridized carbons (Fsp3) is 0.217. The van der Waals surface area contributed by atoms with E-state index < -0.39 is 10.0 Å². The Hall–Kier alpha value is -2.66. The van der Waals surface area contributed by atoms with Crippen molar-refractivity contribution in [2.24, 2.45) is 0 Å². The van der Waals surface area contributed by atoms with Gasteiger partial charge in [-0.25, -0.2) is 12.8 Å². The second-order valence-electron chi connectivity index (χ2n) is 7.37. The molecule has 0 unspecified atom stereocenters. The van der Waals surface area contributed by atoms with E-state index in [4.69, 9.17) is 0 Å². The van der Waals surface area contributed by atoms with Crippen molar-refractivity contribution in [1.82, 2.24) is 0 Å². The zero-order valence-electron chi connectivity index (χ0n) is 15.7. The van der Waals surface area contributed by atoms with Gasteiger partial charge in [-0.3, -0.25) is 4.72 Å². The molecule has 1 atom stereocenters. The van der Waals surface area contributed by atoms with Crippen LogP contribution >= 0.6 is 0 Å². The Morgan fingerprint density at radius 1 is 0.929 bits per heavy atom. The van der Waals surface area contributed by atoms with Gasteiger partial charge in [-0.2, -0.15) is 0 Å². The Labute approximate surface area is 165 Å². The highest BCUT2D eigenvalue weighted by atomic mass is 32.2. The van der Waals surface area contributed by atoms with Crippen molar-refractivity contribution >= 4 is 15.7 Å². The predicted octanol–water partition coefficient (Wildman–Crippen LogP) is 4.67. The van der Waals surface area contributed by atoms with Crippen LogP contribution in [0.3, 0.4) is 0 Å². The average molecular weight is 395 g/mol. The third-order valence-corrected chi connectivity index (χ3v) is 5.85. The van der Waals surface area contributed by atoms with Crippen molar-refractivity contribution in [3.63, 3.8) is 0 Å². The van der Waals surface area contributed by atoms with Crippen molar-refractivity contribution in [2.75, 3.05) is 11.0 Å². The summed E-state index contributed by atoms with van der Waals surface area (Å²) in [6, 6.07) is 20.9. The summed E-state index contributed by atoms with van der Waals surface area (Å²) in [5, 5.41) is 0. The molecule has 1 aliphatic rings. The molecule has 0 amide bonds. The summed E-state index contributed by atoms with van der Waals surface area (Å²) in [7, 11) is -3.33. The van der Waals surface area contributed by atoms with Crippen LogP contribution < -0.4 is 4.72 Å². The Morgan fingerprint density at radius 3 is 2.50 bits per heavy atom. The highest BCUT2D eigenvalue weighted by Crippen LogP contribution is 2.37. The van der Waals surface area contributed by atoms with Crippen molar-refractivity contribution in [3.05, 3.63) is 100 Å². The lowest BCUT2D eigenvalue weighted by Crippen LogP contribution is -2.11. The van der Waals surface area contributed by atoms with E-state index in [0.29, 0.717) is 5.69 Å². The van der Waals surface area contributed by atoms with Gasteiger partial charge >= 0.3 is 0 Å². The summed E-state index contributed by atoms with van der Waals surface area (Å²) in [5.74, 6) is -0.106. The monoisotopic (exact) mass is 395 g/mol. The van der Waals surface area contributed by atoms with E-state index in [-0.39, 0.29) is 11.7 Å². The first kappa shape index (κ1) is 18.7. The van der Waals surface area contributed by atoms with Crippen molar-refractivity contribution in [2.45, 2.75) is 25.2 Å². The molecule has 0 aliphatic heterocycles. The Bertz CT molecular complexity index is 1120. The molecule has 1 N–H and O–H groups in total. The minimum absolute atomic E-state index is 0.0998. The summed E-state index contributed by atoms with van der Waals surface area (Å²) in [6.45, 7) is 0. The van der Waals surface area contributed by atoms with Crippen LogP contribution in [-0.2, 0) is 29.3 Å². The van der Waals surface area contributed by atoms with E-state index in [0.717, 1.165) is 42.2 Å². The first-order chi connectivity index (χ1) is 13.4. The summed E-state index contributed by atoms with van der Waals surface area (Å²) < 4.78 is 39.5. The Balaban J connectivity index is 1.76. The van der Waals surface area contributed by atoms with Crippen LogP contribution in [0, 0.1) is 5.82 Å². The number of anilines is 1. The molecule has 0 spiro atoms. The summed E-state index contributed by atoms with van der Waals surface area (Å²) in [4.78, 5) is 0. The van der Waals surface area contributed by atoms with E-state index in [9.17, 15) is 12.8 Å². The van der Waals surface area contributed by atoms with E-state index in [1.54, 1.807) is 12.1 Å². The minimum atomic E-state index is -3.33. The summed E-state index contributed by atoms with van der Waals surface area (Å²) in [5.41, 5.74) is 6.33. The molecular weight excluding hydrogens is 373 g/mol. The minimum Gasteiger partial charge on any atom is -0.284 e. The molecule has 28 heavy (non-hydrogen) atoms. The molecule has 144 valence electrons. The maximum Gasteiger partial charge on any atom is 0.229 e. The van der Waals surface area contributed by atoms with Gasteiger partial charge in [-0.1, -0.05) is 42.5 Å². The van der Waals surface area contributed by atoms with E-state index in [1.165, 1.54) is 17.2 Å². The SMILES string of the molecule is CS(=O)(=O)Nc1cccc(C[C@H]2c3ccccc3CCc3cc(F)ccc32)c1. The van der Waals surface area contributed by atoms with Crippen molar-refractivity contribution < 1.29 is 12.8 Å². The number of nitrogens with one attached hydrogen (secondary N) is 1. The van der Waals surface area contributed by atoms with E-state index >= 15 is 0 Å². The Morgan fingerprint density at radius 2 is 1.68 bits per heavy atom. The highest BCUT2D eigenvalue weighted by molar-refractivity contribution is 7.92. The third kappa shape index (κ3) is 4.09. The van der Waals surface area contributed by atoms with Crippen molar-refractivity contribution in [3.8, 4) is 0 Å². The molecule has 0 fully saturated rings. The molecule has 0 heterocycles. The largest absolute Gasteiger partial charge is 0.284 e. The van der Waals surface area contributed by atoms with Crippen LogP contribution in [0.5, 0.6) is 0 Å². The summed E-state index contributed by atoms with van der Waals surface area (Å²) in [6.07, 6.45) is 3.57. The van der Waals surface area contributed by atoms with Gasteiger partial charge in [0.25, 0.3) is 0 Å². The predicted molar refractivity (Wildman–Crippen MR) is 111 cm³/mol. The lowest BCUT2D eigenvalue weighted by atomic mass is 9.83. The first-order valence-electron chi connectivity index (χ1n) is 9.32. The number of halogens is 1. The zero-order valence-corrected chi connectivity index (χ0v) is 16.5. The van der Waals surface area contributed by atoms with E-state index in [1.807, 2.05) is 36.4 Å². The van der Waals surface area contributed by atoms with Gasteiger partial charge in [-0.05, 0) is 71.3 Å². The zero-order chi connectivity index (χ0) is 19.7. The van der Waals surface area contributed by atoms with Crippen LogP contribution in [0.25, 0.3) is 0 Å². The normalized spacial score (nSPS) is 16.0. The number of rotatable bonds is 4. The number of hydrogen-bond donors (Lipinski definition) is 1. The molecule has 5 heteroatoms. The van der Waals surface area contributed by atoms with Crippen molar-refractivity contribution in [1.29, 1.82) is 0 Å². The fourth-order valence-electron chi connectivity index (χ4n) is 4.10. The molecule has 0 radical (unpaired) electrons. The third-order valence-electron chi connectivity index (χ3n) is 5.24. The van der Waals surface area contributed by atoms with Gasteiger partial charge < -0.3 is 0 Å². The van der Waals surface area contributed by atoms with Gasteiger partial charge in [0.1, 0.15) is 5.82 Å². The van der Waals surface area contributed by atoms with Crippen LogP contribution in [-0.4, -0.2) is 14.7 Å². The molecule has 3 aromatic carbocycles. The quantitative estimate of drug-likeness (QED) is 0.698. The molecule has 0 aromatic heterocycles. The van der Waals surface area contributed by atoms with Crippen LogP contribution in [0.2, 0.25) is 0 Å². The fourth-order valence-corrected chi connectivity index (χ4v) is 4.66. The maximum absolute atomic E-state index is 13.9. The molecule has 0 saturated carbocycles. The molecule has 3 nitrogen and oxygen atoms in total. The standard InChI is InChI=1S/C23H22FNO2S/c1-28(26,27)25-20-7-4-5-16(13-20)14-23-21-8-3-2-6-17(21)9-10-18-15-19(24)11-12-22(18)23/h2-8,11-13,15,23,25H,9-10,14H2,1H3/t23-/m0/s1. The highest BCUT2D eigenvalue weighted by Gasteiger charge is 2.24. The Kier molecular flexibility index (Phi) is 4.94. The second-order valence-corrected chi connectivity index (χ2v) is 9.12. The molecular formula is C23H22FNO2S. The van der Waals surface area contributed by atoms with Crippen LogP contribution in [0.1, 0.15) is 33.7 Å². The second kappa shape index (κ2) is 7.40. The van der Waals surface area contributed by atoms with Crippen LogP contribution in [0.4, 0.5) is 10.1 Å². The number of aryl methyl sites for hydroxylation is 2. The van der Waals surface area contributed by atoms with Gasteiger partial charge in [0.2, 0.25) is 10.0 Å². The molecule has 1 aliphatic carbocycles. The number of hydrogen-bond acceptors (Lipinski definition) is 2. The van der Waals surface area contributed by atoms with Gasteiger partial charge in [-0.15, -0.1) is 0 Å². The smallest absolute Gasteiger partial charge is 0.229 e. The number of fused-ring (bicyclic) bond motifs is 2. The molecule has 4 rings (SSSR count). The van der Waals surface area contributed by atoms with E-state index in [2.05, 4.69) is 16.9 Å². The average Bonchev–Trinajstić information content (AvgIpc) is 2.78. The molecule has 0 saturated heterocycles. The van der Waals surface area contributed by atoms with Gasteiger partial charge in [0.15, 0.2) is 0 Å². The summed E-state index contributed by atoms with van der Waals surface area (Å²) >= 11 is 0.